The normalized spacial score (nSPS) is 17.2. The predicted molar refractivity (Wildman–Crippen MR) is 121 cm³/mol. The standard InChI is InChI=1S/C23H27N3O5S/c1-16-3-6-20(17(2)13-16)24-22(27)15-26-21-7-5-19(14-18(21)4-8-23(26)28)32(29,30)25-9-11-31-12-10-25/h3,5-7,13-14H,4,8-12,15H2,1-2H3,(H,24,27). The Morgan fingerprint density at radius 3 is 2.53 bits per heavy atom. The summed E-state index contributed by atoms with van der Waals surface area (Å²) in [5.41, 5.74) is 4.08. The van der Waals surface area contributed by atoms with Gasteiger partial charge < -0.3 is 15.0 Å². The summed E-state index contributed by atoms with van der Waals surface area (Å²) in [5, 5.41) is 2.87. The van der Waals surface area contributed by atoms with Gasteiger partial charge in [0.05, 0.1) is 18.1 Å². The van der Waals surface area contributed by atoms with Gasteiger partial charge in [0.25, 0.3) is 0 Å². The van der Waals surface area contributed by atoms with Crippen molar-refractivity contribution in [2.24, 2.45) is 0 Å². The van der Waals surface area contributed by atoms with Gasteiger partial charge in [0.1, 0.15) is 6.54 Å². The summed E-state index contributed by atoms with van der Waals surface area (Å²) in [6.45, 7) is 5.17. The van der Waals surface area contributed by atoms with Gasteiger partial charge in [0.15, 0.2) is 0 Å². The molecule has 2 aromatic carbocycles. The number of carbonyl (C=O) groups is 2. The summed E-state index contributed by atoms with van der Waals surface area (Å²) in [5.74, 6) is -0.458. The van der Waals surface area contributed by atoms with Crippen molar-refractivity contribution in [1.29, 1.82) is 0 Å². The van der Waals surface area contributed by atoms with Crippen LogP contribution in [0, 0.1) is 13.8 Å². The number of benzene rings is 2. The molecule has 2 aromatic rings. The minimum atomic E-state index is -3.63. The fraction of sp³-hybridized carbons (Fsp3) is 0.391. The number of anilines is 2. The number of aryl methyl sites for hydroxylation is 3. The summed E-state index contributed by atoms with van der Waals surface area (Å²) in [7, 11) is -3.63. The topological polar surface area (TPSA) is 96.0 Å². The van der Waals surface area contributed by atoms with Gasteiger partial charge in [0, 0.05) is 30.9 Å². The fourth-order valence-electron chi connectivity index (χ4n) is 4.09. The average molecular weight is 458 g/mol. The summed E-state index contributed by atoms with van der Waals surface area (Å²) < 4.78 is 32.6. The average Bonchev–Trinajstić information content (AvgIpc) is 2.78. The van der Waals surface area contributed by atoms with E-state index in [2.05, 4.69) is 5.32 Å². The number of fused-ring (bicyclic) bond motifs is 1. The van der Waals surface area contributed by atoms with Crippen LogP contribution in [-0.2, 0) is 30.8 Å². The van der Waals surface area contributed by atoms with E-state index in [0.29, 0.717) is 44.1 Å². The maximum absolute atomic E-state index is 13.0. The lowest BCUT2D eigenvalue weighted by Gasteiger charge is -2.30. The van der Waals surface area contributed by atoms with Gasteiger partial charge in [0.2, 0.25) is 21.8 Å². The minimum absolute atomic E-state index is 0.130. The summed E-state index contributed by atoms with van der Waals surface area (Å²) in [4.78, 5) is 26.9. The lowest BCUT2D eigenvalue weighted by Crippen LogP contribution is -2.42. The van der Waals surface area contributed by atoms with E-state index in [0.717, 1.165) is 16.7 Å². The number of amides is 2. The highest BCUT2D eigenvalue weighted by atomic mass is 32.2. The quantitative estimate of drug-likeness (QED) is 0.743. The van der Waals surface area contributed by atoms with Crippen molar-refractivity contribution < 1.29 is 22.7 Å². The molecule has 2 aliphatic heterocycles. The summed E-state index contributed by atoms with van der Waals surface area (Å²) >= 11 is 0. The SMILES string of the molecule is Cc1ccc(NC(=O)CN2C(=O)CCc3cc(S(=O)(=O)N4CCOCC4)ccc32)c(C)c1. The van der Waals surface area contributed by atoms with Crippen molar-refractivity contribution in [3.8, 4) is 0 Å². The van der Waals surface area contributed by atoms with Gasteiger partial charge >= 0.3 is 0 Å². The molecule has 2 heterocycles. The highest BCUT2D eigenvalue weighted by Gasteiger charge is 2.30. The van der Waals surface area contributed by atoms with Crippen molar-refractivity contribution in [2.45, 2.75) is 31.6 Å². The van der Waals surface area contributed by atoms with E-state index in [4.69, 9.17) is 4.74 Å². The molecule has 1 N–H and O–H groups in total. The van der Waals surface area contributed by atoms with Crippen molar-refractivity contribution >= 4 is 33.2 Å². The first-order valence-corrected chi connectivity index (χ1v) is 12.1. The van der Waals surface area contributed by atoms with Crippen LogP contribution in [-0.4, -0.2) is 57.4 Å². The Morgan fingerprint density at radius 2 is 1.81 bits per heavy atom. The van der Waals surface area contributed by atoms with E-state index in [1.54, 1.807) is 12.1 Å². The van der Waals surface area contributed by atoms with Crippen LogP contribution in [0.2, 0.25) is 0 Å². The van der Waals surface area contributed by atoms with Gasteiger partial charge in [-0.2, -0.15) is 4.31 Å². The van der Waals surface area contributed by atoms with Crippen molar-refractivity contribution in [3.05, 3.63) is 53.1 Å². The Hall–Kier alpha value is -2.75. The molecule has 2 amide bonds. The number of nitrogens with zero attached hydrogens (tertiary/aromatic N) is 2. The second kappa shape index (κ2) is 9.01. The molecular formula is C23H27N3O5S. The second-order valence-electron chi connectivity index (χ2n) is 8.15. The first-order valence-electron chi connectivity index (χ1n) is 10.6. The molecule has 0 aromatic heterocycles. The van der Waals surface area contributed by atoms with Crippen LogP contribution in [0.25, 0.3) is 0 Å². The van der Waals surface area contributed by atoms with E-state index in [9.17, 15) is 18.0 Å². The molecule has 0 spiro atoms. The number of sulfonamides is 1. The monoisotopic (exact) mass is 457 g/mol. The minimum Gasteiger partial charge on any atom is -0.379 e. The zero-order valence-electron chi connectivity index (χ0n) is 18.3. The highest BCUT2D eigenvalue weighted by molar-refractivity contribution is 7.89. The van der Waals surface area contributed by atoms with E-state index in [1.165, 1.54) is 15.3 Å². The molecule has 0 radical (unpaired) electrons. The van der Waals surface area contributed by atoms with Crippen LogP contribution < -0.4 is 10.2 Å². The third-order valence-corrected chi connectivity index (χ3v) is 7.71. The Kier molecular flexibility index (Phi) is 6.32. The van der Waals surface area contributed by atoms with Crippen molar-refractivity contribution in [1.82, 2.24) is 4.31 Å². The number of hydrogen-bond acceptors (Lipinski definition) is 5. The number of carbonyl (C=O) groups excluding carboxylic acids is 2. The second-order valence-corrected chi connectivity index (χ2v) is 10.1. The lowest BCUT2D eigenvalue weighted by atomic mass is 10.0. The number of ether oxygens (including phenoxy) is 1. The van der Waals surface area contributed by atoms with Crippen LogP contribution in [0.15, 0.2) is 41.3 Å². The lowest BCUT2D eigenvalue weighted by molar-refractivity contribution is -0.121. The summed E-state index contributed by atoms with van der Waals surface area (Å²) in [6.07, 6.45) is 0.667. The Labute approximate surface area is 188 Å². The van der Waals surface area contributed by atoms with E-state index in [1.807, 2.05) is 32.0 Å². The maximum Gasteiger partial charge on any atom is 0.244 e. The molecule has 0 atom stereocenters. The van der Waals surface area contributed by atoms with Crippen LogP contribution in [0.3, 0.4) is 0 Å². The van der Waals surface area contributed by atoms with Gasteiger partial charge in [-0.25, -0.2) is 8.42 Å². The molecule has 2 aliphatic rings. The molecule has 170 valence electrons. The van der Waals surface area contributed by atoms with Crippen LogP contribution in [0.5, 0.6) is 0 Å². The summed E-state index contributed by atoms with van der Waals surface area (Å²) in [6, 6.07) is 10.5. The van der Waals surface area contributed by atoms with Gasteiger partial charge in [-0.3, -0.25) is 9.59 Å². The molecule has 4 rings (SSSR count). The van der Waals surface area contributed by atoms with Crippen LogP contribution >= 0.6 is 0 Å². The largest absolute Gasteiger partial charge is 0.379 e. The van der Waals surface area contributed by atoms with Gasteiger partial charge in [-0.05, 0) is 55.7 Å². The van der Waals surface area contributed by atoms with E-state index >= 15 is 0 Å². The molecule has 0 aliphatic carbocycles. The Morgan fingerprint density at radius 1 is 1.06 bits per heavy atom. The molecule has 8 nitrogen and oxygen atoms in total. The Balaban J connectivity index is 1.54. The highest BCUT2D eigenvalue weighted by Crippen LogP contribution is 2.31. The van der Waals surface area contributed by atoms with E-state index in [-0.39, 0.29) is 29.7 Å². The fourth-order valence-corrected chi connectivity index (χ4v) is 5.55. The smallest absolute Gasteiger partial charge is 0.244 e. The number of nitrogens with one attached hydrogen (secondary N) is 1. The molecule has 0 bridgehead atoms. The van der Waals surface area contributed by atoms with Crippen LogP contribution in [0.1, 0.15) is 23.1 Å². The predicted octanol–water partition coefficient (Wildman–Crippen LogP) is 2.24. The van der Waals surface area contributed by atoms with Gasteiger partial charge in [-0.15, -0.1) is 0 Å². The molecule has 1 saturated heterocycles. The first kappa shape index (κ1) is 22.4. The first-order chi connectivity index (χ1) is 15.3. The molecule has 9 heteroatoms. The maximum atomic E-state index is 13.0. The van der Waals surface area contributed by atoms with E-state index < -0.39 is 10.0 Å². The number of rotatable bonds is 5. The molecular weight excluding hydrogens is 430 g/mol. The molecule has 0 unspecified atom stereocenters. The van der Waals surface area contributed by atoms with Crippen molar-refractivity contribution in [3.63, 3.8) is 0 Å². The molecule has 0 saturated carbocycles. The van der Waals surface area contributed by atoms with Crippen LogP contribution in [0.4, 0.5) is 11.4 Å². The zero-order chi connectivity index (χ0) is 22.9. The van der Waals surface area contributed by atoms with Gasteiger partial charge in [-0.1, -0.05) is 17.7 Å². The third kappa shape index (κ3) is 4.55. The molecule has 32 heavy (non-hydrogen) atoms. The third-order valence-electron chi connectivity index (χ3n) is 5.82. The zero-order valence-corrected chi connectivity index (χ0v) is 19.1. The number of hydrogen-bond donors (Lipinski definition) is 1. The molecule has 1 fully saturated rings. The van der Waals surface area contributed by atoms with Crippen molar-refractivity contribution in [2.75, 3.05) is 43.1 Å². The number of morpholine rings is 1. The Bertz CT molecular complexity index is 1160.